The second-order valence-electron chi connectivity index (χ2n) is 7.06. The Morgan fingerprint density at radius 1 is 0.724 bits per heavy atom. The molecule has 0 unspecified atom stereocenters. The van der Waals surface area contributed by atoms with Crippen molar-refractivity contribution in [3.05, 3.63) is 89.9 Å². The molecule has 5 heteroatoms. The number of benzene rings is 3. The SMILES string of the molecule is [2H]c1c([2H])c([2H])c(OP(=O)(Oc2ccccc2C(C)C)Oc2ccccc2C(C)C)c([2H])c1[2H]. The van der Waals surface area contributed by atoms with Crippen LogP contribution in [0.4, 0.5) is 0 Å². The highest BCUT2D eigenvalue weighted by Gasteiger charge is 2.35. The van der Waals surface area contributed by atoms with Crippen LogP contribution in [0.3, 0.4) is 0 Å². The van der Waals surface area contributed by atoms with Gasteiger partial charge in [0, 0.05) is 0 Å². The maximum absolute atomic E-state index is 14.1. The van der Waals surface area contributed by atoms with Crippen molar-refractivity contribution in [1.29, 1.82) is 0 Å². The molecule has 0 saturated heterocycles. The van der Waals surface area contributed by atoms with Crippen molar-refractivity contribution in [3.8, 4) is 17.2 Å². The highest BCUT2D eigenvalue weighted by molar-refractivity contribution is 7.49. The molecule has 4 nitrogen and oxygen atoms in total. The van der Waals surface area contributed by atoms with Gasteiger partial charge in [-0.15, -0.1) is 0 Å². The van der Waals surface area contributed by atoms with Crippen molar-refractivity contribution in [2.75, 3.05) is 0 Å². The molecule has 0 aromatic heterocycles. The monoisotopic (exact) mass is 415 g/mol. The fraction of sp³-hybridized carbons (Fsp3) is 0.250. The molecule has 3 aromatic carbocycles. The lowest BCUT2D eigenvalue weighted by Gasteiger charge is -2.23. The zero-order valence-electron chi connectivity index (χ0n) is 21.9. The molecule has 3 aromatic rings. The lowest BCUT2D eigenvalue weighted by Crippen LogP contribution is -2.10. The van der Waals surface area contributed by atoms with E-state index in [0.717, 1.165) is 11.1 Å². The predicted molar refractivity (Wildman–Crippen MR) is 117 cm³/mol. The van der Waals surface area contributed by atoms with E-state index in [4.69, 9.17) is 20.4 Å². The smallest absolute Gasteiger partial charge is 0.386 e. The van der Waals surface area contributed by atoms with Gasteiger partial charge in [-0.05, 0) is 47.2 Å². The minimum atomic E-state index is -4.59. The Balaban J connectivity index is 2.15. The van der Waals surface area contributed by atoms with E-state index in [-0.39, 0.29) is 23.3 Å². The quantitative estimate of drug-likeness (QED) is 0.356. The topological polar surface area (TPSA) is 44.8 Å². The molecule has 0 amide bonds. The van der Waals surface area contributed by atoms with Crippen LogP contribution in [-0.4, -0.2) is 0 Å². The van der Waals surface area contributed by atoms with E-state index in [0.29, 0.717) is 0 Å². The van der Waals surface area contributed by atoms with Gasteiger partial charge in [0.25, 0.3) is 0 Å². The van der Waals surface area contributed by atoms with Gasteiger partial charge in [0.15, 0.2) is 0 Å². The van der Waals surface area contributed by atoms with Gasteiger partial charge in [-0.1, -0.05) is 82.2 Å². The number of hydrogen-bond acceptors (Lipinski definition) is 4. The molecule has 0 fully saturated rings. The second kappa shape index (κ2) is 9.19. The first-order valence-electron chi connectivity index (χ1n) is 11.9. The lowest BCUT2D eigenvalue weighted by atomic mass is 10.0. The molecule has 0 aliphatic rings. The van der Waals surface area contributed by atoms with Gasteiger partial charge in [-0.2, -0.15) is 4.57 Å². The minimum absolute atomic E-state index is 0.0216. The number of phosphoric acid groups is 1. The molecule has 0 spiro atoms. The number of para-hydroxylation sites is 3. The van der Waals surface area contributed by atoms with Gasteiger partial charge in [-0.25, -0.2) is 0 Å². The summed E-state index contributed by atoms with van der Waals surface area (Å²) in [5.74, 6) is -0.0782. The Bertz CT molecular complexity index is 1160. The Morgan fingerprint density at radius 3 is 1.62 bits per heavy atom. The molecule has 3 rings (SSSR count). The normalized spacial score (nSPS) is 13.9. The summed E-state index contributed by atoms with van der Waals surface area (Å²) >= 11 is 0. The van der Waals surface area contributed by atoms with Crippen molar-refractivity contribution >= 4 is 7.82 Å². The van der Waals surface area contributed by atoms with Gasteiger partial charge < -0.3 is 13.6 Å². The van der Waals surface area contributed by atoms with Crippen LogP contribution in [0.25, 0.3) is 0 Å². The van der Waals surface area contributed by atoms with Crippen LogP contribution in [0.2, 0.25) is 0 Å². The van der Waals surface area contributed by atoms with Gasteiger partial charge in [0.1, 0.15) is 17.2 Å². The summed E-state index contributed by atoms with van der Waals surface area (Å²) in [7, 11) is -4.59. The zero-order chi connectivity index (χ0) is 25.2. The highest BCUT2D eigenvalue weighted by atomic mass is 31.2. The fourth-order valence-corrected chi connectivity index (χ4v) is 4.02. The molecule has 0 saturated carbocycles. The molecular formula is C24H27O4P. The number of hydrogen-bond donors (Lipinski definition) is 0. The fourth-order valence-electron chi connectivity index (χ4n) is 2.77. The summed E-state index contributed by atoms with van der Waals surface area (Å²) in [5.41, 5.74) is 1.49. The van der Waals surface area contributed by atoms with E-state index in [9.17, 15) is 4.57 Å². The van der Waals surface area contributed by atoms with Crippen molar-refractivity contribution < 1.29 is 25.0 Å². The Labute approximate surface area is 180 Å². The number of rotatable bonds is 8. The third kappa shape index (κ3) is 5.42. The highest BCUT2D eigenvalue weighted by Crippen LogP contribution is 2.52. The van der Waals surface area contributed by atoms with Crippen LogP contribution in [0.1, 0.15) is 57.5 Å². The molecule has 0 heterocycles. The van der Waals surface area contributed by atoms with E-state index in [1.165, 1.54) is 0 Å². The van der Waals surface area contributed by atoms with E-state index in [2.05, 4.69) is 0 Å². The van der Waals surface area contributed by atoms with Gasteiger partial charge in [-0.3, -0.25) is 0 Å². The van der Waals surface area contributed by atoms with E-state index >= 15 is 0 Å². The lowest BCUT2D eigenvalue weighted by molar-refractivity contribution is 0.296. The first-order valence-corrected chi connectivity index (χ1v) is 10.8. The molecule has 29 heavy (non-hydrogen) atoms. The van der Waals surface area contributed by atoms with Crippen LogP contribution >= 0.6 is 7.82 Å². The van der Waals surface area contributed by atoms with Gasteiger partial charge >= 0.3 is 7.82 Å². The van der Waals surface area contributed by atoms with Crippen molar-refractivity contribution in [3.63, 3.8) is 0 Å². The first kappa shape index (κ1) is 15.2. The van der Waals surface area contributed by atoms with E-state index in [1.807, 2.05) is 52.0 Å². The molecule has 0 atom stereocenters. The van der Waals surface area contributed by atoms with Crippen molar-refractivity contribution in [1.82, 2.24) is 0 Å². The first-order chi connectivity index (χ1) is 15.9. The Morgan fingerprint density at radius 2 is 1.17 bits per heavy atom. The second-order valence-corrected chi connectivity index (χ2v) is 8.50. The maximum Gasteiger partial charge on any atom is 0.647 e. The van der Waals surface area contributed by atoms with Crippen LogP contribution in [0, 0.1) is 0 Å². The summed E-state index contributed by atoms with van der Waals surface area (Å²) in [6, 6.07) is 10.8. The summed E-state index contributed by atoms with van der Waals surface area (Å²) in [6.45, 7) is 7.77. The Kier molecular flexibility index (Phi) is 4.81. The van der Waals surface area contributed by atoms with Gasteiger partial charge in [0.05, 0.1) is 6.85 Å². The van der Waals surface area contributed by atoms with Crippen molar-refractivity contribution in [2.24, 2.45) is 0 Å². The third-order valence-corrected chi connectivity index (χ3v) is 5.43. The standard InChI is InChI=1S/C24H27O4P/c1-18(2)21-14-8-10-16-23(21)27-29(25,26-20-12-6-5-7-13-20)28-24-17-11-9-15-22(24)19(3)4/h5-19H,1-4H3/i5D,6D,7D,12D,13D. The number of phosphoric ester groups is 1. The summed E-state index contributed by atoms with van der Waals surface area (Å²) in [4.78, 5) is 0. The van der Waals surface area contributed by atoms with Crippen LogP contribution in [0.5, 0.6) is 17.2 Å². The average Bonchev–Trinajstić information content (AvgIpc) is 2.79. The molecule has 0 radical (unpaired) electrons. The van der Waals surface area contributed by atoms with Crippen LogP contribution in [0.15, 0.2) is 78.7 Å². The van der Waals surface area contributed by atoms with Crippen molar-refractivity contribution in [2.45, 2.75) is 39.5 Å². The largest absolute Gasteiger partial charge is 0.647 e. The van der Waals surface area contributed by atoms with Crippen LogP contribution < -0.4 is 13.6 Å². The van der Waals surface area contributed by atoms with E-state index < -0.39 is 43.8 Å². The molecule has 152 valence electrons. The summed E-state index contributed by atoms with van der Waals surface area (Å²) in [6.07, 6.45) is 0. The zero-order valence-corrected chi connectivity index (χ0v) is 17.7. The molecular weight excluding hydrogens is 383 g/mol. The minimum Gasteiger partial charge on any atom is -0.386 e. The van der Waals surface area contributed by atoms with E-state index in [1.54, 1.807) is 24.3 Å². The summed E-state index contributed by atoms with van der Waals surface area (Å²) < 4.78 is 71.3. The third-order valence-electron chi connectivity index (χ3n) is 4.18. The summed E-state index contributed by atoms with van der Waals surface area (Å²) in [5, 5.41) is 0. The van der Waals surface area contributed by atoms with Crippen LogP contribution in [-0.2, 0) is 4.57 Å². The molecule has 0 aliphatic carbocycles. The molecule has 0 bridgehead atoms. The maximum atomic E-state index is 14.1. The molecule has 0 aliphatic heterocycles. The molecule has 0 N–H and O–H groups in total. The predicted octanol–water partition coefficient (Wildman–Crippen LogP) is 7.58. The Hall–Kier alpha value is -2.71. The average molecular weight is 415 g/mol. The van der Waals surface area contributed by atoms with Gasteiger partial charge in [0.2, 0.25) is 0 Å².